The van der Waals surface area contributed by atoms with Crippen LogP contribution in [0.2, 0.25) is 0 Å². The van der Waals surface area contributed by atoms with Crippen LogP contribution in [0.5, 0.6) is 0 Å². The van der Waals surface area contributed by atoms with Crippen molar-refractivity contribution < 1.29 is 4.39 Å². The summed E-state index contributed by atoms with van der Waals surface area (Å²) >= 11 is 3.20. The zero-order valence-corrected chi connectivity index (χ0v) is 8.70. The third-order valence-electron chi connectivity index (χ3n) is 1.76. The van der Waals surface area contributed by atoms with Crippen LogP contribution < -0.4 is 0 Å². The first kappa shape index (κ1) is 9.27. The maximum atomic E-state index is 12.6. The zero-order chi connectivity index (χ0) is 9.97. The molecule has 0 bridgehead atoms. The molecule has 2 aromatic rings. The standard InChI is InChI=1S/C10H6BrFN2/c11-10-6-13-9(5-14-10)7-1-3-8(12)4-2-7/h1-6H. The summed E-state index contributed by atoms with van der Waals surface area (Å²) in [4.78, 5) is 8.18. The maximum Gasteiger partial charge on any atom is 0.124 e. The lowest BCUT2D eigenvalue weighted by atomic mass is 10.2. The molecule has 0 aliphatic rings. The van der Waals surface area contributed by atoms with E-state index in [1.807, 2.05) is 0 Å². The molecule has 0 spiro atoms. The quantitative estimate of drug-likeness (QED) is 0.780. The molecule has 0 N–H and O–H groups in total. The van der Waals surface area contributed by atoms with Gasteiger partial charge in [0.25, 0.3) is 0 Å². The maximum absolute atomic E-state index is 12.6. The van der Waals surface area contributed by atoms with E-state index in [2.05, 4.69) is 25.9 Å². The molecule has 1 aromatic heterocycles. The zero-order valence-electron chi connectivity index (χ0n) is 7.11. The van der Waals surface area contributed by atoms with Gasteiger partial charge in [-0.2, -0.15) is 0 Å². The van der Waals surface area contributed by atoms with Gasteiger partial charge in [0, 0.05) is 5.56 Å². The van der Waals surface area contributed by atoms with Gasteiger partial charge in [-0.1, -0.05) is 0 Å². The van der Waals surface area contributed by atoms with Gasteiger partial charge in [-0.25, -0.2) is 9.37 Å². The molecule has 4 heteroatoms. The van der Waals surface area contributed by atoms with E-state index in [0.29, 0.717) is 4.60 Å². The smallest absolute Gasteiger partial charge is 0.124 e. The lowest BCUT2D eigenvalue weighted by Gasteiger charge is -1.99. The lowest BCUT2D eigenvalue weighted by molar-refractivity contribution is 0.628. The number of hydrogen-bond acceptors (Lipinski definition) is 2. The highest BCUT2D eigenvalue weighted by molar-refractivity contribution is 9.10. The normalized spacial score (nSPS) is 10.1. The molecular weight excluding hydrogens is 247 g/mol. The summed E-state index contributed by atoms with van der Waals surface area (Å²) in [5.41, 5.74) is 1.58. The van der Waals surface area contributed by atoms with E-state index in [1.54, 1.807) is 24.5 Å². The van der Waals surface area contributed by atoms with Crippen LogP contribution in [-0.4, -0.2) is 9.97 Å². The Hall–Kier alpha value is -1.29. The molecule has 0 saturated heterocycles. The Bertz CT molecular complexity index is 381. The van der Waals surface area contributed by atoms with Gasteiger partial charge in [0.05, 0.1) is 18.1 Å². The predicted molar refractivity (Wildman–Crippen MR) is 55.1 cm³/mol. The molecule has 0 aliphatic carbocycles. The van der Waals surface area contributed by atoms with E-state index >= 15 is 0 Å². The van der Waals surface area contributed by atoms with Gasteiger partial charge in [-0.05, 0) is 40.2 Å². The minimum absolute atomic E-state index is 0.251. The highest BCUT2D eigenvalue weighted by atomic mass is 79.9. The molecule has 0 unspecified atom stereocenters. The second-order valence-electron chi connectivity index (χ2n) is 2.73. The Balaban J connectivity index is 2.40. The van der Waals surface area contributed by atoms with Gasteiger partial charge in [-0.3, -0.25) is 4.98 Å². The number of halogens is 2. The number of aromatic nitrogens is 2. The molecule has 0 fully saturated rings. The van der Waals surface area contributed by atoms with Crippen LogP contribution in [0, 0.1) is 5.82 Å². The molecule has 70 valence electrons. The number of nitrogens with zero attached hydrogens (tertiary/aromatic N) is 2. The highest BCUT2D eigenvalue weighted by Gasteiger charge is 1.99. The SMILES string of the molecule is Fc1ccc(-c2cnc(Br)cn2)cc1. The Kier molecular flexibility index (Phi) is 2.54. The van der Waals surface area contributed by atoms with E-state index < -0.39 is 0 Å². The average molecular weight is 253 g/mol. The van der Waals surface area contributed by atoms with Crippen molar-refractivity contribution in [2.45, 2.75) is 0 Å². The molecule has 0 radical (unpaired) electrons. The van der Waals surface area contributed by atoms with E-state index in [1.165, 1.54) is 12.1 Å². The average Bonchev–Trinajstić information content (AvgIpc) is 2.21. The van der Waals surface area contributed by atoms with Crippen LogP contribution >= 0.6 is 15.9 Å². The molecular formula is C10H6BrFN2. The Morgan fingerprint density at radius 1 is 1.00 bits per heavy atom. The summed E-state index contributed by atoms with van der Waals surface area (Å²) in [7, 11) is 0. The Morgan fingerprint density at radius 2 is 1.71 bits per heavy atom. The van der Waals surface area contributed by atoms with Crippen molar-refractivity contribution >= 4 is 15.9 Å². The molecule has 2 nitrogen and oxygen atoms in total. The third kappa shape index (κ3) is 1.96. The van der Waals surface area contributed by atoms with Gasteiger partial charge in [0.1, 0.15) is 10.4 Å². The topological polar surface area (TPSA) is 25.8 Å². The summed E-state index contributed by atoms with van der Waals surface area (Å²) in [6.45, 7) is 0. The van der Waals surface area contributed by atoms with Crippen molar-refractivity contribution in [3.8, 4) is 11.3 Å². The molecule has 1 aromatic carbocycles. The third-order valence-corrected chi connectivity index (χ3v) is 2.17. The first-order chi connectivity index (χ1) is 6.75. The lowest BCUT2D eigenvalue weighted by Crippen LogP contribution is -1.85. The first-order valence-corrected chi connectivity index (χ1v) is 4.78. The Morgan fingerprint density at radius 3 is 2.29 bits per heavy atom. The van der Waals surface area contributed by atoms with Gasteiger partial charge >= 0.3 is 0 Å². The van der Waals surface area contributed by atoms with Crippen LogP contribution in [0.1, 0.15) is 0 Å². The fourth-order valence-corrected chi connectivity index (χ4v) is 1.29. The van der Waals surface area contributed by atoms with Crippen LogP contribution in [-0.2, 0) is 0 Å². The molecule has 2 rings (SSSR count). The summed E-state index contributed by atoms with van der Waals surface area (Å²) in [6, 6.07) is 6.15. The van der Waals surface area contributed by atoms with Crippen molar-refractivity contribution in [2.75, 3.05) is 0 Å². The Labute approximate surface area is 89.0 Å². The van der Waals surface area contributed by atoms with Crippen LogP contribution in [0.3, 0.4) is 0 Å². The largest absolute Gasteiger partial charge is 0.252 e. The summed E-state index contributed by atoms with van der Waals surface area (Å²) < 4.78 is 13.3. The summed E-state index contributed by atoms with van der Waals surface area (Å²) in [5.74, 6) is -0.251. The molecule has 1 heterocycles. The van der Waals surface area contributed by atoms with E-state index in [0.717, 1.165) is 11.3 Å². The molecule has 0 saturated carbocycles. The number of rotatable bonds is 1. The number of hydrogen-bond donors (Lipinski definition) is 0. The van der Waals surface area contributed by atoms with E-state index in [-0.39, 0.29) is 5.82 Å². The molecule has 0 atom stereocenters. The monoisotopic (exact) mass is 252 g/mol. The molecule has 14 heavy (non-hydrogen) atoms. The number of benzene rings is 1. The highest BCUT2D eigenvalue weighted by Crippen LogP contribution is 2.16. The van der Waals surface area contributed by atoms with E-state index in [9.17, 15) is 4.39 Å². The van der Waals surface area contributed by atoms with Gasteiger partial charge in [0.15, 0.2) is 0 Å². The molecule has 0 amide bonds. The predicted octanol–water partition coefficient (Wildman–Crippen LogP) is 3.05. The van der Waals surface area contributed by atoms with Crippen molar-refractivity contribution in [2.24, 2.45) is 0 Å². The second-order valence-corrected chi connectivity index (χ2v) is 3.54. The minimum Gasteiger partial charge on any atom is -0.252 e. The van der Waals surface area contributed by atoms with Crippen molar-refractivity contribution in [1.29, 1.82) is 0 Å². The summed E-state index contributed by atoms with van der Waals surface area (Å²) in [6.07, 6.45) is 3.25. The minimum atomic E-state index is -0.251. The second kappa shape index (κ2) is 3.84. The van der Waals surface area contributed by atoms with Crippen molar-refractivity contribution in [3.05, 3.63) is 47.1 Å². The van der Waals surface area contributed by atoms with Crippen LogP contribution in [0.25, 0.3) is 11.3 Å². The van der Waals surface area contributed by atoms with Gasteiger partial charge in [-0.15, -0.1) is 0 Å². The van der Waals surface area contributed by atoms with Gasteiger partial charge < -0.3 is 0 Å². The van der Waals surface area contributed by atoms with E-state index in [4.69, 9.17) is 0 Å². The van der Waals surface area contributed by atoms with Crippen molar-refractivity contribution in [3.63, 3.8) is 0 Å². The first-order valence-electron chi connectivity index (χ1n) is 3.99. The van der Waals surface area contributed by atoms with Gasteiger partial charge in [0.2, 0.25) is 0 Å². The summed E-state index contributed by atoms with van der Waals surface area (Å²) in [5, 5.41) is 0. The van der Waals surface area contributed by atoms with Crippen LogP contribution in [0.15, 0.2) is 41.3 Å². The fourth-order valence-electron chi connectivity index (χ4n) is 1.08. The molecule has 0 aliphatic heterocycles. The fraction of sp³-hybridized carbons (Fsp3) is 0. The van der Waals surface area contributed by atoms with Crippen molar-refractivity contribution in [1.82, 2.24) is 9.97 Å². The van der Waals surface area contributed by atoms with Crippen LogP contribution in [0.4, 0.5) is 4.39 Å².